The Bertz CT molecular complexity index is 580. The number of aromatic amines is 1. The number of anilines is 1. The van der Waals surface area contributed by atoms with Crippen molar-refractivity contribution >= 4 is 16.6 Å². The lowest BCUT2D eigenvalue weighted by atomic mass is 10.2. The van der Waals surface area contributed by atoms with E-state index in [2.05, 4.69) is 10.3 Å². The van der Waals surface area contributed by atoms with E-state index in [1.54, 1.807) is 12.1 Å². The third-order valence-electron chi connectivity index (χ3n) is 2.46. The summed E-state index contributed by atoms with van der Waals surface area (Å²) in [6, 6.07) is 5.87. The van der Waals surface area contributed by atoms with Crippen molar-refractivity contribution in [1.29, 1.82) is 0 Å². The highest BCUT2D eigenvalue weighted by atomic mass is 19.1. The predicted molar refractivity (Wildman–Crippen MR) is 64.7 cm³/mol. The minimum Gasteiger partial charge on any atom is -0.396 e. The zero-order valence-corrected chi connectivity index (χ0v) is 9.16. The van der Waals surface area contributed by atoms with Gasteiger partial charge in [0.15, 0.2) is 0 Å². The van der Waals surface area contributed by atoms with Crippen molar-refractivity contribution in [2.75, 3.05) is 18.5 Å². The number of halogens is 1. The van der Waals surface area contributed by atoms with E-state index in [-0.39, 0.29) is 18.0 Å². The molecule has 0 saturated heterocycles. The van der Waals surface area contributed by atoms with E-state index in [1.165, 1.54) is 12.1 Å². The number of aromatic nitrogens is 1. The molecule has 3 N–H and O–H groups in total. The second-order valence-corrected chi connectivity index (χ2v) is 3.75. The number of aliphatic hydroxyl groups is 1. The maximum atomic E-state index is 13.6. The number of pyridine rings is 1. The average Bonchev–Trinajstić information content (AvgIpc) is 2.31. The molecule has 0 aliphatic heterocycles. The molecule has 2 rings (SSSR count). The van der Waals surface area contributed by atoms with E-state index >= 15 is 0 Å². The van der Waals surface area contributed by atoms with Gasteiger partial charge in [0.25, 0.3) is 0 Å². The number of hydrogen-bond donors (Lipinski definition) is 3. The lowest BCUT2D eigenvalue weighted by Crippen LogP contribution is -2.07. The van der Waals surface area contributed by atoms with Crippen LogP contribution >= 0.6 is 0 Å². The first-order chi connectivity index (χ1) is 8.20. The summed E-state index contributed by atoms with van der Waals surface area (Å²) in [6.07, 6.45) is 0.544. The maximum Gasteiger partial charge on any atom is 0.248 e. The van der Waals surface area contributed by atoms with Crippen LogP contribution < -0.4 is 10.9 Å². The highest BCUT2D eigenvalue weighted by Gasteiger charge is 2.04. The molecule has 0 aliphatic rings. The fourth-order valence-corrected chi connectivity index (χ4v) is 1.61. The van der Waals surface area contributed by atoms with Crippen molar-refractivity contribution in [3.05, 3.63) is 40.4 Å². The first-order valence-electron chi connectivity index (χ1n) is 5.38. The molecule has 90 valence electrons. The molecular weight excluding hydrogens is 223 g/mol. The molecule has 4 nitrogen and oxygen atoms in total. The molecule has 1 aromatic heterocycles. The Morgan fingerprint density at radius 2 is 2.18 bits per heavy atom. The minimum atomic E-state index is -0.373. The lowest BCUT2D eigenvalue weighted by Gasteiger charge is -2.08. The van der Waals surface area contributed by atoms with Crippen LogP contribution in [0.3, 0.4) is 0 Å². The highest BCUT2D eigenvalue weighted by Crippen LogP contribution is 2.20. The molecule has 2 aromatic rings. The monoisotopic (exact) mass is 236 g/mol. The van der Waals surface area contributed by atoms with Crippen molar-refractivity contribution < 1.29 is 9.50 Å². The topological polar surface area (TPSA) is 65.1 Å². The average molecular weight is 236 g/mol. The molecule has 0 fully saturated rings. The second kappa shape index (κ2) is 4.97. The molecule has 0 radical (unpaired) electrons. The Kier molecular flexibility index (Phi) is 3.39. The standard InChI is InChI=1S/C12H13FN2O2/c13-9-6-8-2-3-12(17)15-10(8)7-11(9)14-4-1-5-16/h2-3,6-7,14,16H,1,4-5H2,(H,15,17). The van der Waals surface area contributed by atoms with Gasteiger partial charge in [0.1, 0.15) is 5.82 Å². The molecule has 0 unspecified atom stereocenters. The smallest absolute Gasteiger partial charge is 0.248 e. The van der Waals surface area contributed by atoms with E-state index in [9.17, 15) is 9.18 Å². The quantitative estimate of drug-likeness (QED) is 0.704. The molecule has 0 atom stereocenters. The van der Waals surface area contributed by atoms with E-state index in [0.717, 1.165) is 0 Å². The number of fused-ring (bicyclic) bond motifs is 1. The number of rotatable bonds is 4. The van der Waals surface area contributed by atoms with Gasteiger partial charge in [0.2, 0.25) is 5.56 Å². The molecular formula is C12H13FN2O2. The summed E-state index contributed by atoms with van der Waals surface area (Å²) in [5, 5.41) is 12.2. The SMILES string of the molecule is O=c1ccc2cc(F)c(NCCCO)cc2[nH]1. The van der Waals surface area contributed by atoms with E-state index in [4.69, 9.17) is 5.11 Å². The zero-order chi connectivity index (χ0) is 12.3. The molecule has 1 aromatic carbocycles. The Morgan fingerprint density at radius 3 is 2.94 bits per heavy atom. The molecule has 0 spiro atoms. The molecule has 5 heteroatoms. The van der Waals surface area contributed by atoms with E-state index in [1.807, 2.05) is 0 Å². The Morgan fingerprint density at radius 1 is 1.35 bits per heavy atom. The number of nitrogens with one attached hydrogen (secondary N) is 2. The maximum absolute atomic E-state index is 13.6. The largest absolute Gasteiger partial charge is 0.396 e. The predicted octanol–water partition coefficient (Wildman–Crippen LogP) is 1.46. The summed E-state index contributed by atoms with van der Waals surface area (Å²) in [7, 11) is 0. The fraction of sp³-hybridized carbons (Fsp3) is 0.250. The highest BCUT2D eigenvalue weighted by molar-refractivity contribution is 5.82. The third-order valence-corrected chi connectivity index (χ3v) is 2.46. The van der Waals surface area contributed by atoms with E-state index < -0.39 is 0 Å². The van der Waals surface area contributed by atoms with Gasteiger partial charge in [-0.05, 0) is 24.6 Å². The summed E-state index contributed by atoms with van der Waals surface area (Å²) < 4.78 is 13.6. The number of aliphatic hydroxyl groups excluding tert-OH is 1. The molecule has 0 saturated carbocycles. The van der Waals surface area contributed by atoms with Crippen LogP contribution in [0.1, 0.15) is 6.42 Å². The van der Waals surface area contributed by atoms with Crippen LogP contribution in [-0.4, -0.2) is 23.2 Å². The summed E-state index contributed by atoms with van der Waals surface area (Å²) in [5.41, 5.74) is 0.698. The van der Waals surface area contributed by atoms with Crippen LogP contribution in [0.2, 0.25) is 0 Å². The Labute approximate surface area is 97.1 Å². The molecule has 0 aliphatic carbocycles. The van der Waals surface area contributed by atoms with Crippen molar-refractivity contribution in [2.24, 2.45) is 0 Å². The number of hydrogen-bond acceptors (Lipinski definition) is 3. The van der Waals surface area contributed by atoms with Crippen molar-refractivity contribution in [3.8, 4) is 0 Å². The van der Waals surface area contributed by atoms with Crippen LogP contribution in [0.25, 0.3) is 10.9 Å². The van der Waals surface area contributed by atoms with Gasteiger partial charge in [0, 0.05) is 24.6 Å². The van der Waals surface area contributed by atoms with Crippen LogP contribution in [-0.2, 0) is 0 Å². The van der Waals surface area contributed by atoms with Gasteiger partial charge in [-0.1, -0.05) is 0 Å². The second-order valence-electron chi connectivity index (χ2n) is 3.75. The third kappa shape index (κ3) is 2.62. The molecule has 0 bridgehead atoms. The van der Waals surface area contributed by atoms with Gasteiger partial charge >= 0.3 is 0 Å². The van der Waals surface area contributed by atoms with Gasteiger partial charge in [0.05, 0.1) is 11.2 Å². The number of benzene rings is 1. The van der Waals surface area contributed by atoms with Gasteiger partial charge in [-0.2, -0.15) is 0 Å². The van der Waals surface area contributed by atoms with Gasteiger partial charge in [-0.25, -0.2) is 4.39 Å². The zero-order valence-electron chi connectivity index (χ0n) is 9.16. The first-order valence-corrected chi connectivity index (χ1v) is 5.38. The van der Waals surface area contributed by atoms with Crippen molar-refractivity contribution in [3.63, 3.8) is 0 Å². The Hall–Kier alpha value is -1.88. The van der Waals surface area contributed by atoms with Crippen LogP contribution in [0.4, 0.5) is 10.1 Å². The Balaban J connectivity index is 2.36. The summed E-state index contributed by atoms with van der Waals surface area (Å²) in [6.45, 7) is 0.537. The van der Waals surface area contributed by atoms with Crippen LogP contribution in [0, 0.1) is 5.82 Å². The van der Waals surface area contributed by atoms with Gasteiger partial charge in [-0.3, -0.25) is 4.79 Å². The summed E-state index contributed by atoms with van der Waals surface area (Å²) >= 11 is 0. The molecule has 0 amide bonds. The van der Waals surface area contributed by atoms with Gasteiger partial charge < -0.3 is 15.4 Å². The molecule has 1 heterocycles. The number of H-pyrrole nitrogens is 1. The minimum absolute atomic E-state index is 0.0546. The first kappa shape index (κ1) is 11.6. The summed E-state index contributed by atoms with van der Waals surface area (Å²) in [5.74, 6) is -0.373. The molecule has 17 heavy (non-hydrogen) atoms. The van der Waals surface area contributed by atoms with Crippen molar-refractivity contribution in [1.82, 2.24) is 4.98 Å². The normalized spacial score (nSPS) is 10.7. The van der Waals surface area contributed by atoms with Crippen LogP contribution in [0.15, 0.2) is 29.1 Å². The van der Waals surface area contributed by atoms with Crippen molar-refractivity contribution in [2.45, 2.75) is 6.42 Å². The lowest BCUT2D eigenvalue weighted by molar-refractivity contribution is 0.292. The van der Waals surface area contributed by atoms with Crippen LogP contribution in [0.5, 0.6) is 0 Å². The fourth-order valence-electron chi connectivity index (χ4n) is 1.61. The van der Waals surface area contributed by atoms with E-state index in [0.29, 0.717) is 29.6 Å². The van der Waals surface area contributed by atoms with Gasteiger partial charge in [-0.15, -0.1) is 0 Å². The summed E-state index contributed by atoms with van der Waals surface area (Å²) in [4.78, 5) is 13.8.